The fourth-order valence-corrected chi connectivity index (χ4v) is 7.50. The van der Waals surface area contributed by atoms with E-state index in [9.17, 15) is 14.7 Å². The average molecular weight is 429 g/mol. The molecule has 168 valence electrons. The highest BCUT2D eigenvalue weighted by molar-refractivity contribution is 5.95. The van der Waals surface area contributed by atoms with E-state index in [0.29, 0.717) is 23.7 Å². The number of hydrogen-bond donors (Lipinski definition) is 1. The Morgan fingerprint density at radius 2 is 1.87 bits per heavy atom. The largest absolute Gasteiger partial charge is 0.508 e. The molecule has 0 aromatic heterocycles. The molecule has 31 heavy (non-hydrogen) atoms. The lowest BCUT2D eigenvalue weighted by Gasteiger charge is -2.64. The van der Waals surface area contributed by atoms with E-state index in [1.807, 2.05) is 0 Å². The van der Waals surface area contributed by atoms with Crippen LogP contribution in [0.2, 0.25) is 0 Å². The molecule has 1 N–H and O–H groups in total. The van der Waals surface area contributed by atoms with E-state index < -0.39 is 5.97 Å². The van der Waals surface area contributed by atoms with Gasteiger partial charge in [-0.1, -0.05) is 20.8 Å². The van der Waals surface area contributed by atoms with Gasteiger partial charge in [0.1, 0.15) is 29.8 Å². The summed E-state index contributed by atoms with van der Waals surface area (Å²) in [5.74, 6) is 0.745. The number of benzene rings is 1. The Morgan fingerprint density at radius 1 is 1.13 bits per heavy atom. The fraction of sp³-hybridized carbons (Fsp3) is 0.680. The maximum Gasteiger partial charge on any atom is 0.339 e. The molecule has 2 fully saturated rings. The van der Waals surface area contributed by atoms with E-state index in [1.165, 1.54) is 6.92 Å². The highest BCUT2D eigenvalue weighted by Gasteiger charge is 2.63. The van der Waals surface area contributed by atoms with Gasteiger partial charge in [-0.3, -0.25) is 4.79 Å². The molecule has 0 unspecified atom stereocenters. The maximum atomic E-state index is 12.1. The van der Waals surface area contributed by atoms with Crippen molar-refractivity contribution in [2.75, 3.05) is 0 Å². The summed E-state index contributed by atoms with van der Waals surface area (Å²) < 4.78 is 17.7. The van der Waals surface area contributed by atoms with E-state index in [2.05, 4.69) is 27.7 Å². The molecule has 6 nitrogen and oxygen atoms in total. The van der Waals surface area contributed by atoms with Crippen LogP contribution in [0.25, 0.3) is 0 Å². The molecule has 5 rings (SSSR count). The molecule has 4 aliphatic rings. The van der Waals surface area contributed by atoms with E-state index >= 15 is 0 Å². The van der Waals surface area contributed by atoms with Crippen molar-refractivity contribution in [1.29, 1.82) is 0 Å². The molecule has 1 aromatic carbocycles. The molecule has 6 heteroatoms. The molecular formula is C25H32O6. The average Bonchev–Trinajstić information content (AvgIpc) is 3.04. The number of esters is 2. The third-order valence-corrected chi connectivity index (χ3v) is 9.01. The van der Waals surface area contributed by atoms with E-state index in [-0.39, 0.29) is 46.8 Å². The smallest absolute Gasteiger partial charge is 0.339 e. The predicted molar refractivity (Wildman–Crippen MR) is 113 cm³/mol. The van der Waals surface area contributed by atoms with Gasteiger partial charge in [0.05, 0.1) is 5.56 Å². The minimum Gasteiger partial charge on any atom is -0.508 e. The van der Waals surface area contributed by atoms with Crippen molar-refractivity contribution in [2.45, 2.75) is 85.0 Å². The van der Waals surface area contributed by atoms with Crippen LogP contribution in [0.5, 0.6) is 11.5 Å². The summed E-state index contributed by atoms with van der Waals surface area (Å²) in [6.45, 7) is 10.7. The molecule has 1 aromatic rings. The van der Waals surface area contributed by atoms with Gasteiger partial charge >= 0.3 is 11.9 Å². The third-order valence-electron chi connectivity index (χ3n) is 9.01. The van der Waals surface area contributed by atoms with Gasteiger partial charge in [0.2, 0.25) is 0 Å². The van der Waals surface area contributed by atoms with Crippen molar-refractivity contribution < 1.29 is 28.9 Å². The van der Waals surface area contributed by atoms with Crippen molar-refractivity contribution >= 4 is 11.9 Å². The van der Waals surface area contributed by atoms with Gasteiger partial charge in [0.25, 0.3) is 0 Å². The Labute approximate surface area is 183 Å². The lowest BCUT2D eigenvalue weighted by molar-refractivity contribution is -0.204. The Balaban J connectivity index is 1.55. The van der Waals surface area contributed by atoms with Crippen LogP contribution in [0.4, 0.5) is 0 Å². The third kappa shape index (κ3) is 2.76. The van der Waals surface area contributed by atoms with E-state index in [4.69, 9.17) is 14.2 Å². The molecule has 0 amide bonds. The van der Waals surface area contributed by atoms with Gasteiger partial charge in [-0.15, -0.1) is 0 Å². The van der Waals surface area contributed by atoms with Gasteiger partial charge in [-0.05, 0) is 56.4 Å². The second-order valence-electron chi connectivity index (χ2n) is 11.0. The van der Waals surface area contributed by atoms with Crippen molar-refractivity contribution in [3.8, 4) is 11.5 Å². The zero-order valence-corrected chi connectivity index (χ0v) is 19.0. The molecule has 0 bridgehead atoms. The summed E-state index contributed by atoms with van der Waals surface area (Å²) in [5.41, 5.74) is 1.45. The molecule has 5 atom stereocenters. The van der Waals surface area contributed by atoms with Crippen LogP contribution in [-0.2, 0) is 27.3 Å². The number of rotatable bonds is 1. The summed E-state index contributed by atoms with van der Waals surface area (Å²) >= 11 is 0. The van der Waals surface area contributed by atoms with Crippen molar-refractivity contribution in [3.05, 3.63) is 22.8 Å². The minimum atomic E-state index is -0.398. The minimum absolute atomic E-state index is 0.0113. The second-order valence-corrected chi connectivity index (χ2v) is 11.0. The number of phenolic OH excluding ortho intramolecular Hbond substituents is 1. The van der Waals surface area contributed by atoms with Crippen LogP contribution in [-0.4, -0.2) is 28.8 Å². The van der Waals surface area contributed by atoms with Crippen molar-refractivity contribution in [1.82, 2.24) is 0 Å². The second kappa shape index (κ2) is 6.39. The number of carbonyl (C=O) groups is 2. The van der Waals surface area contributed by atoms with Crippen LogP contribution in [0.1, 0.15) is 81.8 Å². The number of carbonyl (C=O) groups excluding carboxylic acids is 2. The quantitative estimate of drug-likeness (QED) is 0.662. The Morgan fingerprint density at radius 3 is 2.58 bits per heavy atom. The van der Waals surface area contributed by atoms with Crippen LogP contribution in [0, 0.1) is 22.7 Å². The molecule has 0 saturated heterocycles. The number of aromatic hydroxyl groups is 1. The van der Waals surface area contributed by atoms with Gasteiger partial charge in [-0.25, -0.2) is 4.79 Å². The SMILES string of the molecule is CC(=O)O[C@H]1CC[C@]2(C)[C@H]3Cc4c(O)cc5c(c4O[C@@]3(C)CC[C@H]2C1(C)C)COC5=O. The van der Waals surface area contributed by atoms with Gasteiger partial charge in [0.15, 0.2) is 0 Å². The summed E-state index contributed by atoms with van der Waals surface area (Å²) in [5, 5.41) is 10.8. The first-order chi connectivity index (χ1) is 14.5. The van der Waals surface area contributed by atoms with Crippen LogP contribution in [0.15, 0.2) is 6.07 Å². The lowest BCUT2D eigenvalue weighted by atomic mass is 9.44. The van der Waals surface area contributed by atoms with Gasteiger partial charge in [0, 0.05) is 29.4 Å². The molecule has 0 spiro atoms. The first-order valence-electron chi connectivity index (χ1n) is 11.4. The first kappa shape index (κ1) is 20.7. The van der Waals surface area contributed by atoms with Crippen LogP contribution in [0.3, 0.4) is 0 Å². The van der Waals surface area contributed by atoms with Gasteiger partial charge < -0.3 is 19.3 Å². The highest BCUT2D eigenvalue weighted by Crippen LogP contribution is 2.65. The number of hydrogen-bond acceptors (Lipinski definition) is 6. The van der Waals surface area contributed by atoms with E-state index in [1.54, 1.807) is 6.07 Å². The molecule has 2 aliphatic heterocycles. The topological polar surface area (TPSA) is 82.1 Å². The summed E-state index contributed by atoms with van der Waals surface area (Å²) in [4.78, 5) is 23.8. The Hall–Kier alpha value is -2.24. The molecule has 2 aliphatic carbocycles. The maximum absolute atomic E-state index is 12.1. The standard InChI is InChI=1S/C25H32O6/c1-13(26)30-20-7-8-24(4)18(23(20,2)3)6-9-25(5)19(24)11-15-17(27)10-14-16(21(15)31-25)12-29-22(14)28/h10,18-20,27H,6-9,11-12H2,1-5H3/t18-,19+,20-,24-,25-/m0/s1. The zero-order chi connectivity index (χ0) is 22.3. The highest BCUT2D eigenvalue weighted by atomic mass is 16.5. The summed E-state index contributed by atoms with van der Waals surface area (Å²) in [7, 11) is 0. The molecule has 2 heterocycles. The zero-order valence-electron chi connectivity index (χ0n) is 19.0. The number of cyclic esters (lactones) is 1. The number of ether oxygens (including phenoxy) is 3. The van der Waals surface area contributed by atoms with Crippen molar-refractivity contribution in [2.24, 2.45) is 22.7 Å². The fourth-order valence-electron chi connectivity index (χ4n) is 7.50. The molecule has 0 radical (unpaired) electrons. The number of fused-ring (bicyclic) bond motifs is 6. The Bertz CT molecular complexity index is 981. The Kier molecular flexibility index (Phi) is 4.26. The lowest BCUT2D eigenvalue weighted by Crippen LogP contribution is -2.64. The van der Waals surface area contributed by atoms with Crippen LogP contribution >= 0.6 is 0 Å². The van der Waals surface area contributed by atoms with Crippen LogP contribution < -0.4 is 4.74 Å². The predicted octanol–water partition coefficient (Wildman–Crippen LogP) is 4.54. The normalized spacial score (nSPS) is 37.5. The summed E-state index contributed by atoms with van der Waals surface area (Å²) in [6.07, 6.45) is 4.28. The van der Waals surface area contributed by atoms with E-state index in [0.717, 1.165) is 36.8 Å². The number of phenols is 1. The van der Waals surface area contributed by atoms with Gasteiger partial charge in [-0.2, -0.15) is 0 Å². The molecule has 2 saturated carbocycles. The summed E-state index contributed by atoms with van der Waals surface area (Å²) in [6, 6.07) is 1.54. The molecular weight excluding hydrogens is 396 g/mol. The first-order valence-corrected chi connectivity index (χ1v) is 11.4. The monoisotopic (exact) mass is 428 g/mol. The van der Waals surface area contributed by atoms with Crippen molar-refractivity contribution in [3.63, 3.8) is 0 Å².